The zero-order valence-corrected chi connectivity index (χ0v) is 17.5. The SMILES string of the molecule is COc1ccc([C@@H]2Sc3ccccc3N(CCBr)C(=O)[C@@H]2OC(C)=O)cc1. The first-order valence-electron chi connectivity index (χ1n) is 8.49. The Balaban J connectivity index is 2.09. The van der Waals surface area contributed by atoms with E-state index in [1.807, 2.05) is 48.5 Å². The summed E-state index contributed by atoms with van der Waals surface area (Å²) in [5, 5.41) is 0.270. The Kier molecular flexibility index (Phi) is 6.44. The van der Waals surface area contributed by atoms with Crippen LogP contribution in [0, 0.1) is 0 Å². The van der Waals surface area contributed by atoms with Crippen LogP contribution >= 0.6 is 27.7 Å². The lowest BCUT2D eigenvalue weighted by Gasteiger charge is -2.27. The minimum atomic E-state index is -0.910. The van der Waals surface area contributed by atoms with Crippen molar-refractivity contribution in [2.45, 2.75) is 23.2 Å². The van der Waals surface area contributed by atoms with Gasteiger partial charge < -0.3 is 14.4 Å². The van der Waals surface area contributed by atoms with E-state index in [9.17, 15) is 9.59 Å². The number of amides is 1. The second-order valence-electron chi connectivity index (χ2n) is 5.99. The molecule has 0 aliphatic carbocycles. The maximum absolute atomic E-state index is 13.3. The maximum atomic E-state index is 13.3. The lowest BCUT2D eigenvalue weighted by atomic mass is 10.1. The molecule has 0 N–H and O–H groups in total. The van der Waals surface area contributed by atoms with E-state index in [1.54, 1.807) is 12.0 Å². The van der Waals surface area contributed by atoms with Gasteiger partial charge in [-0.3, -0.25) is 9.59 Å². The molecular formula is C20H20BrNO4S. The summed E-state index contributed by atoms with van der Waals surface area (Å²) in [5.74, 6) is 0.0363. The summed E-state index contributed by atoms with van der Waals surface area (Å²) in [5.41, 5.74) is 1.73. The van der Waals surface area contributed by atoms with E-state index < -0.39 is 12.1 Å². The molecule has 0 aromatic heterocycles. The van der Waals surface area contributed by atoms with Gasteiger partial charge in [-0.15, -0.1) is 11.8 Å². The Bertz CT molecular complexity index is 827. The van der Waals surface area contributed by atoms with Crippen LogP contribution in [0.4, 0.5) is 5.69 Å². The standard InChI is InChI=1S/C20H20BrNO4S/c1-13(23)26-18-19(14-7-9-15(25-2)10-8-14)27-17-6-4-3-5-16(17)22(12-11-21)20(18)24/h3-10,18-19H,11-12H2,1-2H3/t18-,19+/m1/s1. The number of nitrogens with zero attached hydrogens (tertiary/aromatic N) is 1. The minimum absolute atomic E-state index is 0.220. The van der Waals surface area contributed by atoms with Gasteiger partial charge in [-0.1, -0.05) is 40.2 Å². The van der Waals surface area contributed by atoms with Crippen LogP contribution in [-0.4, -0.2) is 37.0 Å². The topological polar surface area (TPSA) is 55.8 Å². The molecule has 1 aliphatic rings. The summed E-state index contributed by atoms with van der Waals surface area (Å²) in [7, 11) is 1.61. The Morgan fingerprint density at radius 3 is 2.52 bits per heavy atom. The van der Waals surface area contributed by atoms with Crippen LogP contribution in [0.5, 0.6) is 5.75 Å². The second-order valence-corrected chi connectivity index (χ2v) is 7.96. The summed E-state index contributed by atoms with van der Waals surface area (Å²) < 4.78 is 10.7. The molecule has 2 atom stereocenters. The van der Waals surface area contributed by atoms with Crippen LogP contribution < -0.4 is 9.64 Å². The number of anilines is 1. The number of para-hydroxylation sites is 1. The Morgan fingerprint density at radius 2 is 1.89 bits per heavy atom. The molecule has 5 nitrogen and oxygen atoms in total. The fraction of sp³-hybridized carbons (Fsp3) is 0.300. The molecule has 142 valence electrons. The number of rotatable bonds is 5. The Hall–Kier alpha value is -1.99. The first-order valence-corrected chi connectivity index (χ1v) is 10.5. The van der Waals surface area contributed by atoms with Crippen molar-refractivity contribution in [3.05, 3.63) is 54.1 Å². The molecule has 0 unspecified atom stereocenters. The molecule has 0 saturated heterocycles. The normalized spacial score (nSPS) is 19.2. The number of carbonyl (C=O) groups is 2. The van der Waals surface area contributed by atoms with E-state index in [0.717, 1.165) is 21.9 Å². The highest BCUT2D eigenvalue weighted by Crippen LogP contribution is 2.46. The van der Waals surface area contributed by atoms with Crippen molar-refractivity contribution in [2.24, 2.45) is 0 Å². The molecule has 1 amide bonds. The third-order valence-electron chi connectivity index (χ3n) is 4.24. The van der Waals surface area contributed by atoms with Gasteiger partial charge in [0, 0.05) is 23.7 Å². The molecule has 3 rings (SSSR count). The van der Waals surface area contributed by atoms with E-state index in [-0.39, 0.29) is 11.2 Å². The predicted molar refractivity (Wildman–Crippen MR) is 110 cm³/mol. The highest BCUT2D eigenvalue weighted by molar-refractivity contribution is 9.09. The molecule has 27 heavy (non-hydrogen) atoms. The monoisotopic (exact) mass is 449 g/mol. The van der Waals surface area contributed by atoms with Crippen molar-refractivity contribution in [1.82, 2.24) is 0 Å². The number of benzene rings is 2. The molecular weight excluding hydrogens is 430 g/mol. The molecule has 0 spiro atoms. The smallest absolute Gasteiger partial charge is 0.303 e. The lowest BCUT2D eigenvalue weighted by molar-refractivity contribution is -0.152. The summed E-state index contributed by atoms with van der Waals surface area (Å²) in [6.45, 7) is 1.82. The van der Waals surface area contributed by atoms with Crippen LogP contribution in [0.25, 0.3) is 0 Å². The third-order valence-corrected chi connectivity index (χ3v) is 5.97. The number of alkyl halides is 1. The van der Waals surface area contributed by atoms with Crippen LogP contribution in [0.3, 0.4) is 0 Å². The highest BCUT2D eigenvalue weighted by atomic mass is 79.9. The number of hydrogen-bond donors (Lipinski definition) is 0. The molecule has 0 bridgehead atoms. The fourth-order valence-corrected chi connectivity index (χ4v) is 4.70. The van der Waals surface area contributed by atoms with Gasteiger partial charge in [0.2, 0.25) is 0 Å². The Labute approximate surface area is 171 Å². The summed E-state index contributed by atoms with van der Waals surface area (Å²) >= 11 is 4.95. The van der Waals surface area contributed by atoms with E-state index in [2.05, 4.69) is 15.9 Å². The second kappa shape index (κ2) is 8.80. The van der Waals surface area contributed by atoms with Crippen molar-refractivity contribution in [2.75, 3.05) is 23.9 Å². The number of thioether (sulfide) groups is 1. The van der Waals surface area contributed by atoms with Crippen molar-refractivity contribution in [1.29, 1.82) is 0 Å². The predicted octanol–water partition coefficient (Wildman–Crippen LogP) is 4.20. The van der Waals surface area contributed by atoms with Crippen molar-refractivity contribution >= 4 is 45.3 Å². The highest BCUT2D eigenvalue weighted by Gasteiger charge is 2.40. The molecule has 1 heterocycles. The van der Waals surface area contributed by atoms with Gasteiger partial charge in [0.25, 0.3) is 5.91 Å². The van der Waals surface area contributed by atoms with E-state index in [4.69, 9.17) is 9.47 Å². The zero-order chi connectivity index (χ0) is 19.4. The number of esters is 1. The lowest BCUT2D eigenvalue weighted by Crippen LogP contribution is -2.43. The maximum Gasteiger partial charge on any atom is 0.303 e. The number of carbonyl (C=O) groups excluding carboxylic acids is 2. The average molecular weight is 450 g/mol. The zero-order valence-electron chi connectivity index (χ0n) is 15.1. The van der Waals surface area contributed by atoms with Gasteiger partial charge >= 0.3 is 5.97 Å². The Morgan fingerprint density at radius 1 is 1.19 bits per heavy atom. The van der Waals surface area contributed by atoms with Gasteiger partial charge in [-0.25, -0.2) is 0 Å². The van der Waals surface area contributed by atoms with Gasteiger partial charge in [-0.05, 0) is 29.8 Å². The van der Waals surface area contributed by atoms with Crippen LogP contribution in [0.1, 0.15) is 17.7 Å². The summed E-state index contributed by atoms with van der Waals surface area (Å²) in [6, 6.07) is 15.3. The summed E-state index contributed by atoms with van der Waals surface area (Å²) in [4.78, 5) is 27.7. The van der Waals surface area contributed by atoms with Crippen LogP contribution in [0.15, 0.2) is 53.4 Å². The van der Waals surface area contributed by atoms with E-state index in [0.29, 0.717) is 11.9 Å². The van der Waals surface area contributed by atoms with Crippen molar-refractivity contribution < 1.29 is 19.1 Å². The molecule has 1 aliphatic heterocycles. The number of fused-ring (bicyclic) bond motifs is 1. The van der Waals surface area contributed by atoms with Gasteiger partial charge in [0.05, 0.1) is 18.0 Å². The van der Waals surface area contributed by atoms with Gasteiger partial charge in [-0.2, -0.15) is 0 Å². The molecule has 0 radical (unpaired) electrons. The summed E-state index contributed by atoms with van der Waals surface area (Å²) in [6.07, 6.45) is -0.910. The van der Waals surface area contributed by atoms with Crippen LogP contribution in [0.2, 0.25) is 0 Å². The van der Waals surface area contributed by atoms with Crippen molar-refractivity contribution in [3.8, 4) is 5.75 Å². The largest absolute Gasteiger partial charge is 0.497 e. The molecule has 7 heteroatoms. The van der Waals surface area contributed by atoms with Gasteiger partial charge in [0.1, 0.15) is 5.75 Å². The molecule has 0 saturated carbocycles. The fourth-order valence-electron chi connectivity index (χ4n) is 3.02. The number of halogens is 1. The quantitative estimate of drug-likeness (QED) is 0.505. The van der Waals surface area contributed by atoms with Crippen LogP contribution in [-0.2, 0) is 14.3 Å². The molecule has 2 aromatic carbocycles. The minimum Gasteiger partial charge on any atom is -0.497 e. The third kappa shape index (κ3) is 4.30. The molecule has 0 fully saturated rings. The number of methoxy groups -OCH3 is 1. The average Bonchev–Trinajstić information content (AvgIpc) is 2.78. The number of ether oxygens (including phenoxy) is 2. The first kappa shape index (κ1) is 19.8. The van der Waals surface area contributed by atoms with E-state index >= 15 is 0 Å². The van der Waals surface area contributed by atoms with Crippen molar-refractivity contribution in [3.63, 3.8) is 0 Å². The first-order chi connectivity index (χ1) is 13.0. The van der Waals surface area contributed by atoms with Gasteiger partial charge in [0.15, 0.2) is 6.10 Å². The molecule has 2 aromatic rings. The number of hydrogen-bond acceptors (Lipinski definition) is 5. The van der Waals surface area contributed by atoms with E-state index in [1.165, 1.54) is 18.7 Å².